The summed E-state index contributed by atoms with van der Waals surface area (Å²) in [7, 11) is 0. The molecule has 1 aliphatic rings. The van der Waals surface area contributed by atoms with Gasteiger partial charge < -0.3 is 19.7 Å². The van der Waals surface area contributed by atoms with E-state index in [9.17, 15) is 4.79 Å². The molecule has 5 nitrogen and oxygen atoms in total. The molecular formula is C25H38O5. The second kappa shape index (κ2) is 17.9. The number of aliphatic hydroxyl groups excluding tert-OH is 2. The molecule has 0 amide bonds. The van der Waals surface area contributed by atoms with Gasteiger partial charge in [-0.25, -0.2) is 0 Å². The molecule has 1 heterocycles. The van der Waals surface area contributed by atoms with E-state index in [0.717, 1.165) is 38.5 Å². The number of carbonyl (C=O) groups excluding carboxylic acids is 1. The highest BCUT2D eigenvalue weighted by Crippen LogP contribution is 2.29. The first-order valence-electron chi connectivity index (χ1n) is 11.0. The number of ether oxygens (including phenoxy) is 2. The van der Waals surface area contributed by atoms with Crippen LogP contribution in [0.4, 0.5) is 0 Å². The van der Waals surface area contributed by atoms with Crippen LogP contribution in [-0.2, 0) is 14.3 Å². The van der Waals surface area contributed by atoms with E-state index in [1.807, 2.05) is 12.2 Å². The lowest BCUT2D eigenvalue weighted by Crippen LogP contribution is -2.25. The van der Waals surface area contributed by atoms with Crippen molar-refractivity contribution in [1.29, 1.82) is 0 Å². The highest BCUT2D eigenvalue weighted by molar-refractivity contribution is 5.69. The molecule has 0 aromatic carbocycles. The summed E-state index contributed by atoms with van der Waals surface area (Å²) in [5.74, 6) is -0.406. The zero-order valence-corrected chi connectivity index (χ0v) is 18.2. The summed E-state index contributed by atoms with van der Waals surface area (Å²) in [6, 6.07) is 0. The van der Waals surface area contributed by atoms with E-state index in [1.165, 1.54) is 0 Å². The van der Waals surface area contributed by atoms with Gasteiger partial charge in [-0.2, -0.15) is 0 Å². The average Bonchev–Trinajstić information content (AvgIpc) is 3.50. The topological polar surface area (TPSA) is 79.3 Å². The Morgan fingerprint density at radius 2 is 1.33 bits per heavy atom. The van der Waals surface area contributed by atoms with E-state index < -0.39 is 12.1 Å². The Labute approximate surface area is 181 Å². The number of esters is 1. The van der Waals surface area contributed by atoms with E-state index in [4.69, 9.17) is 19.7 Å². The van der Waals surface area contributed by atoms with E-state index in [0.29, 0.717) is 18.6 Å². The van der Waals surface area contributed by atoms with Crippen molar-refractivity contribution in [2.24, 2.45) is 0 Å². The van der Waals surface area contributed by atoms with Gasteiger partial charge in [0.25, 0.3) is 0 Å². The summed E-state index contributed by atoms with van der Waals surface area (Å²) in [6.07, 6.45) is 28.0. The zero-order valence-electron chi connectivity index (χ0n) is 18.2. The molecule has 30 heavy (non-hydrogen) atoms. The van der Waals surface area contributed by atoms with Gasteiger partial charge in [0.15, 0.2) is 0 Å². The van der Waals surface area contributed by atoms with Crippen molar-refractivity contribution in [2.75, 3.05) is 13.2 Å². The van der Waals surface area contributed by atoms with Crippen molar-refractivity contribution in [2.45, 2.75) is 76.6 Å². The minimum absolute atomic E-state index is 0.246. The normalized spacial score (nSPS) is 19.5. The van der Waals surface area contributed by atoms with Gasteiger partial charge in [0.2, 0.25) is 0 Å². The molecule has 2 atom stereocenters. The van der Waals surface area contributed by atoms with Gasteiger partial charge >= 0.3 is 5.97 Å². The molecule has 2 unspecified atom stereocenters. The maximum absolute atomic E-state index is 11.5. The lowest BCUT2D eigenvalue weighted by atomic mass is 10.1. The summed E-state index contributed by atoms with van der Waals surface area (Å²) < 4.78 is 10.5. The van der Waals surface area contributed by atoms with Gasteiger partial charge in [0.1, 0.15) is 6.10 Å². The van der Waals surface area contributed by atoms with E-state index in [1.54, 1.807) is 0 Å². The van der Waals surface area contributed by atoms with Gasteiger partial charge in [-0.3, -0.25) is 4.79 Å². The molecule has 1 fully saturated rings. The molecule has 0 bridgehead atoms. The van der Waals surface area contributed by atoms with Gasteiger partial charge in [-0.05, 0) is 44.9 Å². The Balaban J connectivity index is 1.96. The van der Waals surface area contributed by atoms with Crippen LogP contribution in [0.5, 0.6) is 0 Å². The predicted octanol–water partition coefficient (Wildman–Crippen LogP) is 4.57. The lowest BCUT2D eigenvalue weighted by Gasteiger charge is -2.11. The Morgan fingerprint density at radius 3 is 1.87 bits per heavy atom. The summed E-state index contributed by atoms with van der Waals surface area (Å²) in [5.41, 5.74) is 0. The molecule has 1 saturated heterocycles. The minimum Gasteiger partial charge on any atom is -0.457 e. The molecule has 2 N–H and O–H groups in total. The second-order valence-corrected chi connectivity index (χ2v) is 7.17. The standard InChI is InChI=1S/C25H38O5/c1-2-3-14-17-23-24(30-23)18-15-12-10-8-6-4-5-7-9-11-13-16-19-25(28)29-22(20-26)21-27/h3,5-8,11-15,22-24,26-27H,2,4,9-10,16-21H2,1H3/b7-5-,8-6-,13-11-,14-3-,15-12-. The molecule has 0 spiro atoms. The van der Waals surface area contributed by atoms with Crippen molar-refractivity contribution >= 4 is 5.97 Å². The fourth-order valence-electron chi connectivity index (χ4n) is 2.73. The largest absolute Gasteiger partial charge is 0.457 e. The summed E-state index contributed by atoms with van der Waals surface area (Å²) in [6.45, 7) is 1.42. The molecule has 0 saturated carbocycles. The average molecular weight is 419 g/mol. The molecule has 1 rings (SSSR count). The molecule has 0 radical (unpaired) electrons. The summed E-state index contributed by atoms with van der Waals surface area (Å²) >= 11 is 0. The molecule has 5 heteroatoms. The second-order valence-electron chi connectivity index (χ2n) is 7.17. The number of hydrogen-bond donors (Lipinski definition) is 2. The molecule has 1 aliphatic heterocycles. The molecule has 0 aliphatic carbocycles. The van der Waals surface area contributed by atoms with Crippen LogP contribution in [0.3, 0.4) is 0 Å². The van der Waals surface area contributed by atoms with Crippen LogP contribution in [-0.4, -0.2) is 47.7 Å². The van der Waals surface area contributed by atoms with Crippen molar-refractivity contribution in [3.8, 4) is 0 Å². The molecule has 168 valence electrons. The Bertz CT molecular complexity index is 584. The lowest BCUT2D eigenvalue weighted by molar-refractivity contribution is -0.153. The van der Waals surface area contributed by atoms with E-state index >= 15 is 0 Å². The van der Waals surface area contributed by atoms with Crippen LogP contribution in [0.2, 0.25) is 0 Å². The fraction of sp³-hybridized carbons (Fsp3) is 0.560. The van der Waals surface area contributed by atoms with Crippen molar-refractivity contribution < 1.29 is 24.5 Å². The number of aliphatic hydroxyl groups is 2. The molecular weight excluding hydrogens is 380 g/mol. The predicted molar refractivity (Wildman–Crippen MR) is 121 cm³/mol. The third kappa shape index (κ3) is 14.1. The third-order valence-electron chi connectivity index (χ3n) is 4.53. The first-order valence-corrected chi connectivity index (χ1v) is 11.0. The number of epoxide rings is 1. The highest BCUT2D eigenvalue weighted by Gasteiger charge is 2.35. The monoisotopic (exact) mass is 418 g/mol. The van der Waals surface area contributed by atoms with Crippen molar-refractivity contribution in [1.82, 2.24) is 0 Å². The maximum Gasteiger partial charge on any atom is 0.306 e. The van der Waals surface area contributed by atoms with Crippen molar-refractivity contribution in [3.63, 3.8) is 0 Å². The van der Waals surface area contributed by atoms with E-state index in [2.05, 4.69) is 55.5 Å². The molecule has 0 aromatic rings. The zero-order chi connectivity index (χ0) is 21.9. The third-order valence-corrected chi connectivity index (χ3v) is 4.53. The summed E-state index contributed by atoms with van der Waals surface area (Å²) in [5, 5.41) is 17.7. The van der Waals surface area contributed by atoms with Gasteiger partial charge in [0, 0.05) is 6.42 Å². The van der Waals surface area contributed by atoms with Crippen LogP contribution in [0.15, 0.2) is 60.8 Å². The van der Waals surface area contributed by atoms with Gasteiger partial charge in [0.05, 0.1) is 25.4 Å². The Kier molecular flexibility index (Phi) is 15.5. The SMILES string of the molecule is CC/C=C\CC1OC1C/C=C\C/C=C\C/C=C\C/C=C\CCC(=O)OC(CO)CO. The minimum atomic E-state index is -0.814. The smallest absolute Gasteiger partial charge is 0.306 e. The number of carbonyl (C=O) groups is 1. The summed E-state index contributed by atoms with van der Waals surface area (Å²) in [4.78, 5) is 11.5. The Morgan fingerprint density at radius 1 is 0.833 bits per heavy atom. The van der Waals surface area contributed by atoms with Gasteiger partial charge in [-0.15, -0.1) is 0 Å². The van der Waals surface area contributed by atoms with Crippen LogP contribution in [0.25, 0.3) is 0 Å². The van der Waals surface area contributed by atoms with Crippen LogP contribution in [0, 0.1) is 0 Å². The van der Waals surface area contributed by atoms with Crippen LogP contribution < -0.4 is 0 Å². The quantitative estimate of drug-likeness (QED) is 0.205. The number of allylic oxidation sites excluding steroid dienone is 8. The number of hydrogen-bond acceptors (Lipinski definition) is 5. The molecule has 0 aromatic heterocycles. The van der Waals surface area contributed by atoms with E-state index in [-0.39, 0.29) is 19.6 Å². The van der Waals surface area contributed by atoms with Crippen LogP contribution in [0.1, 0.15) is 58.3 Å². The fourth-order valence-corrected chi connectivity index (χ4v) is 2.73. The maximum atomic E-state index is 11.5. The van der Waals surface area contributed by atoms with Gasteiger partial charge in [-0.1, -0.05) is 67.7 Å². The first-order chi connectivity index (χ1) is 14.7. The van der Waals surface area contributed by atoms with Crippen molar-refractivity contribution in [3.05, 3.63) is 60.8 Å². The first kappa shape index (κ1) is 26.1. The number of rotatable bonds is 17. The highest BCUT2D eigenvalue weighted by atomic mass is 16.6. The Hall–Kier alpha value is -1.95. The van der Waals surface area contributed by atoms with Crippen LogP contribution >= 0.6 is 0 Å².